The van der Waals surface area contributed by atoms with Gasteiger partial charge in [-0.1, -0.05) is 19.9 Å². The number of carbonyl (C=O) groups excluding carboxylic acids is 2. The number of pyridine rings is 1. The number of halogens is 3. The zero-order valence-electron chi connectivity index (χ0n) is 26.6. The number of amides is 2. The summed E-state index contributed by atoms with van der Waals surface area (Å²) in [5.41, 5.74) is 1.52. The van der Waals surface area contributed by atoms with Crippen molar-refractivity contribution < 1.29 is 27.5 Å². The third-order valence-electron chi connectivity index (χ3n) is 8.72. The average Bonchev–Trinajstić information content (AvgIpc) is 3.45. The van der Waals surface area contributed by atoms with Crippen LogP contribution in [0.15, 0.2) is 30.5 Å². The second-order valence-corrected chi connectivity index (χ2v) is 14.2. The van der Waals surface area contributed by atoms with E-state index < -0.39 is 34.9 Å². The molecule has 0 N–H and O–H groups in total. The highest BCUT2D eigenvalue weighted by Crippen LogP contribution is 2.40. The highest BCUT2D eigenvalue weighted by Gasteiger charge is 2.43. The molecular weight excluding hydrogens is 571 g/mol. The lowest BCUT2D eigenvalue weighted by atomic mass is 9.91. The van der Waals surface area contributed by atoms with Crippen LogP contribution in [0, 0.1) is 11.6 Å². The first kappa shape index (κ1) is 32.2. The van der Waals surface area contributed by atoms with Gasteiger partial charge in [0.05, 0.1) is 17.9 Å². The van der Waals surface area contributed by atoms with Crippen molar-refractivity contribution in [2.45, 2.75) is 83.7 Å². The fraction of sp³-hybridized carbons (Fsp3) is 0.606. The zero-order valence-corrected chi connectivity index (χ0v) is 26.6. The van der Waals surface area contributed by atoms with Crippen LogP contribution < -0.4 is 4.90 Å². The zero-order chi connectivity index (χ0) is 32.0. The lowest BCUT2D eigenvalue weighted by Gasteiger charge is -2.46. The fourth-order valence-electron chi connectivity index (χ4n) is 6.54. The minimum Gasteiger partial charge on any atom is -0.444 e. The molecule has 44 heavy (non-hydrogen) atoms. The first-order valence-corrected chi connectivity index (χ1v) is 15.4. The quantitative estimate of drug-likeness (QED) is 0.459. The third kappa shape index (κ3) is 7.20. The summed E-state index contributed by atoms with van der Waals surface area (Å²) in [6, 6.07) is 5.02. The molecule has 2 amide bonds. The Bertz CT molecular complexity index is 1400. The maximum absolute atomic E-state index is 14.4. The van der Waals surface area contributed by atoms with E-state index in [-0.39, 0.29) is 31.0 Å². The van der Waals surface area contributed by atoms with Gasteiger partial charge in [-0.15, -0.1) is 0 Å². The largest absolute Gasteiger partial charge is 0.444 e. The van der Waals surface area contributed by atoms with Gasteiger partial charge in [0.15, 0.2) is 0 Å². The summed E-state index contributed by atoms with van der Waals surface area (Å²) in [5.74, 6) is -1.36. The smallest absolute Gasteiger partial charge is 0.410 e. The van der Waals surface area contributed by atoms with Crippen LogP contribution in [0.4, 0.5) is 23.7 Å². The second-order valence-electron chi connectivity index (χ2n) is 14.2. The molecule has 2 fully saturated rings. The number of carbonyl (C=O) groups is 2. The van der Waals surface area contributed by atoms with E-state index in [9.17, 15) is 22.8 Å². The van der Waals surface area contributed by atoms with Crippen LogP contribution in [0.5, 0.6) is 0 Å². The first-order valence-electron chi connectivity index (χ1n) is 15.4. The summed E-state index contributed by atoms with van der Waals surface area (Å²) in [6.45, 7) is 14.4. The highest BCUT2D eigenvalue weighted by molar-refractivity contribution is 5.97. The summed E-state index contributed by atoms with van der Waals surface area (Å²) in [5, 5.41) is 0. The van der Waals surface area contributed by atoms with Crippen molar-refractivity contribution >= 4 is 17.7 Å². The van der Waals surface area contributed by atoms with Crippen molar-refractivity contribution in [1.82, 2.24) is 19.7 Å². The molecular formula is C33H44F3N5O3. The van der Waals surface area contributed by atoms with Crippen LogP contribution in [0.2, 0.25) is 0 Å². The molecule has 0 spiro atoms. The van der Waals surface area contributed by atoms with E-state index in [1.807, 2.05) is 47.6 Å². The number of rotatable bonds is 6. The number of alkyl halides is 1. The standard InChI is InChI=1S/C33H44F3N5O3/c1-21-15-39(26(17-38-10-9-25(35)16-38)18-40(21)31(43)44-32(2,3)4)19-29(42)41-20-33(5,6)30-28(41)12-22(14-37-30)11-23-7-8-24(34)13-27(23)36/h7-8,12-14,21,25-26H,9-11,15-20H2,1-6H3/t21-,25+,26+/m1/s1. The third-order valence-corrected chi connectivity index (χ3v) is 8.72. The number of ether oxygens (including phenoxy) is 1. The summed E-state index contributed by atoms with van der Waals surface area (Å²) in [6.07, 6.45) is 1.13. The molecule has 4 heterocycles. The predicted octanol–water partition coefficient (Wildman–Crippen LogP) is 4.93. The molecule has 2 saturated heterocycles. The second kappa shape index (κ2) is 12.3. The van der Waals surface area contributed by atoms with Crippen molar-refractivity contribution in [2.24, 2.45) is 0 Å². The molecule has 2 aromatic rings. The summed E-state index contributed by atoms with van der Waals surface area (Å²) in [4.78, 5) is 39.5. The van der Waals surface area contributed by atoms with Gasteiger partial charge in [-0.05, 0) is 57.4 Å². The Labute approximate surface area is 258 Å². The molecule has 3 aliphatic heterocycles. The lowest BCUT2D eigenvalue weighted by molar-refractivity contribution is -0.121. The van der Waals surface area contributed by atoms with Crippen molar-refractivity contribution in [1.29, 1.82) is 0 Å². The highest BCUT2D eigenvalue weighted by atomic mass is 19.1. The van der Waals surface area contributed by atoms with Crippen LogP contribution in [0.1, 0.15) is 64.8 Å². The van der Waals surface area contributed by atoms with Gasteiger partial charge < -0.3 is 14.5 Å². The molecule has 5 rings (SSSR count). The van der Waals surface area contributed by atoms with Crippen molar-refractivity contribution in [2.75, 3.05) is 50.7 Å². The van der Waals surface area contributed by atoms with Crippen LogP contribution in [-0.2, 0) is 21.4 Å². The predicted molar refractivity (Wildman–Crippen MR) is 162 cm³/mol. The number of benzene rings is 1. The van der Waals surface area contributed by atoms with Crippen molar-refractivity contribution in [3.8, 4) is 0 Å². The number of likely N-dealkylation sites (tertiary alicyclic amines) is 1. The van der Waals surface area contributed by atoms with Gasteiger partial charge in [-0.2, -0.15) is 0 Å². The van der Waals surface area contributed by atoms with Gasteiger partial charge in [0.2, 0.25) is 5.91 Å². The van der Waals surface area contributed by atoms with E-state index in [0.29, 0.717) is 56.9 Å². The Morgan fingerprint density at radius 2 is 1.86 bits per heavy atom. The maximum atomic E-state index is 14.4. The van der Waals surface area contributed by atoms with Crippen LogP contribution in [-0.4, -0.2) is 101 Å². The number of hydrogen-bond acceptors (Lipinski definition) is 6. The van der Waals surface area contributed by atoms with Crippen LogP contribution >= 0.6 is 0 Å². The lowest BCUT2D eigenvalue weighted by Crippen LogP contribution is -2.63. The number of nitrogens with zero attached hydrogens (tertiary/aromatic N) is 5. The fourth-order valence-corrected chi connectivity index (χ4v) is 6.54. The average molecular weight is 616 g/mol. The van der Waals surface area contributed by atoms with E-state index in [1.165, 1.54) is 12.1 Å². The topological polar surface area (TPSA) is 69.2 Å². The molecule has 240 valence electrons. The van der Waals surface area contributed by atoms with Gasteiger partial charge in [0.1, 0.15) is 23.4 Å². The van der Waals surface area contributed by atoms with Gasteiger partial charge in [0.25, 0.3) is 0 Å². The molecule has 0 aliphatic carbocycles. The normalized spacial score (nSPS) is 24.1. The summed E-state index contributed by atoms with van der Waals surface area (Å²) < 4.78 is 47.6. The summed E-state index contributed by atoms with van der Waals surface area (Å²) >= 11 is 0. The molecule has 8 nitrogen and oxygen atoms in total. The van der Waals surface area contributed by atoms with Crippen LogP contribution in [0.3, 0.4) is 0 Å². The molecule has 0 unspecified atom stereocenters. The maximum Gasteiger partial charge on any atom is 0.410 e. The number of aromatic nitrogens is 1. The molecule has 1 aromatic heterocycles. The monoisotopic (exact) mass is 615 g/mol. The van der Waals surface area contributed by atoms with E-state index in [4.69, 9.17) is 9.72 Å². The molecule has 11 heteroatoms. The minimum absolute atomic E-state index is 0.101. The van der Waals surface area contributed by atoms with E-state index in [2.05, 4.69) is 9.80 Å². The van der Waals surface area contributed by atoms with Gasteiger partial charge in [-0.25, -0.2) is 18.0 Å². The summed E-state index contributed by atoms with van der Waals surface area (Å²) in [7, 11) is 0. The number of anilines is 1. The number of fused-ring (bicyclic) bond motifs is 1. The Hall–Kier alpha value is -3.18. The Morgan fingerprint density at radius 1 is 1.11 bits per heavy atom. The molecule has 0 bridgehead atoms. The van der Waals surface area contributed by atoms with Gasteiger partial charge in [0, 0.05) is 75.5 Å². The first-order chi connectivity index (χ1) is 20.6. The number of hydrogen-bond donors (Lipinski definition) is 0. The van der Waals surface area contributed by atoms with Gasteiger partial charge >= 0.3 is 6.09 Å². The SMILES string of the molecule is C[C@@H]1CN(CC(=O)N2CC(C)(C)c3ncc(Cc4ccc(F)cc4F)cc32)[C@@H](CN2CC[C@H](F)C2)CN1C(=O)OC(C)(C)C. The van der Waals surface area contributed by atoms with E-state index in [0.717, 1.165) is 17.3 Å². The Morgan fingerprint density at radius 3 is 2.52 bits per heavy atom. The van der Waals surface area contributed by atoms with E-state index >= 15 is 0 Å². The van der Waals surface area contributed by atoms with Gasteiger partial charge in [-0.3, -0.25) is 19.6 Å². The van der Waals surface area contributed by atoms with Crippen LogP contribution in [0.25, 0.3) is 0 Å². The Balaban J connectivity index is 1.36. The van der Waals surface area contributed by atoms with Crippen molar-refractivity contribution in [3.05, 3.63) is 58.9 Å². The minimum atomic E-state index is -0.872. The van der Waals surface area contributed by atoms with Crippen molar-refractivity contribution in [3.63, 3.8) is 0 Å². The molecule has 0 saturated carbocycles. The van der Waals surface area contributed by atoms with E-state index in [1.54, 1.807) is 16.0 Å². The Kier molecular flexibility index (Phi) is 9.01. The molecule has 1 aromatic carbocycles. The number of piperazine rings is 1. The molecule has 3 aliphatic rings. The molecule has 0 radical (unpaired) electrons. The molecule has 3 atom stereocenters.